The number of aryl methyl sites for hydroxylation is 1. The van der Waals surface area contributed by atoms with Gasteiger partial charge in [-0.15, -0.1) is 11.3 Å². The van der Waals surface area contributed by atoms with Gasteiger partial charge >= 0.3 is 12.0 Å². The number of anilines is 1. The van der Waals surface area contributed by atoms with E-state index in [1.54, 1.807) is 17.4 Å². The Hall–Kier alpha value is -2.05. The van der Waals surface area contributed by atoms with E-state index in [1.165, 1.54) is 12.1 Å². The third kappa shape index (κ3) is 3.74. The molecule has 2 amide bonds. The minimum Gasteiger partial charge on any atom is -0.478 e. The normalized spacial score (nSPS) is 10.2. The maximum atomic E-state index is 11.9. The van der Waals surface area contributed by atoms with Crippen LogP contribution in [-0.2, 0) is 6.54 Å². The molecule has 1 aromatic heterocycles. The van der Waals surface area contributed by atoms with Gasteiger partial charge in [0.2, 0.25) is 0 Å². The van der Waals surface area contributed by atoms with Gasteiger partial charge in [-0.1, -0.05) is 17.7 Å². The predicted octanol–water partition coefficient (Wildman–Crippen LogP) is 3.73. The highest BCUT2D eigenvalue weighted by Crippen LogP contribution is 2.24. The molecule has 0 radical (unpaired) electrons. The summed E-state index contributed by atoms with van der Waals surface area (Å²) in [6.45, 7) is 2.35. The maximum Gasteiger partial charge on any atom is 0.339 e. The molecule has 0 saturated heterocycles. The van der Waals surface area contributed by atoms with Crippen LogP contribution in [0.4, 0.5) is 10.5 Å². The first-order valence-electron chi connectivity index (χ1n) is 6.08. The van der Waals surface area contributed by atoms with Crippen molar-refractivity contribution in [2.75, 3.05) is 5.32 Å². The van der Waals surface area contributed by atoms with Crippen molar-refractivity contribution in [1.29, 1.82) is 0 Å². The highest BCUT2D eigenvalue weighted by atomic mass is 35.5. The second-order valence-corrected chi connectivity index (χ2v) is 5.71. The molecule has 110 valence electrons. The van der Waals surface area contributed by atoms with Crippen molar-refractivity contribution in [3.63, 3.8) is 0 Å². The number of hydrogen-bond donors (Lipinski definition) is 3. The number of aromatic carboxylic acids is 1. The summed E-state index contributed by atoms with van der Waals surface area (Å²) in [5.41, 5.74) is 1.14. The number of carbonyl (C=O) groups excluding carboxylic acids is 1. The number of carbonyl (C=O) groups is 2. The first-order valence-corrected chi connectivity index (χ1v) is 7.34. The Bertz CT molecular complexity index is 685. The van der Waals surface area contributed by atoms with Crippen molar-refractivity contribution in [1.82, 2.24) is 5.32 Å². The van der Waals surface area contributed by atoms with E-state index in [4.69, 9.17) is 16.7 Å². The van der Waals surface area contributed by atoms with E-state index in [1.807, 2.05) is 18.4 Å². The van der Waals surface area contributed by atoms with E-state index in [-0.39, 0.29) is 16.3 Å². The van der Waals surface area contributed by atoms with Gasteiger partial charge in [0.15, 0.2) is 0 Å². The van der Waals surface area contributed by atoms with E-state index in [0.717, 1.165) is 10.4 Å². The monoisotopic (exact) mass is 324 g/mol. The van der Waals surface area contributed by atoms with Gasteiger partial charge < -0.3 is 15.7 Å². The van der Waals surface area contributed by atoms with Crippen molar-refractivity contribution >= 4 is 40.6 Å². The summed E-state index contributed by atoms with van der Waals surface area (Å²) in [6, 6.07) is 6.02. The molecule has 0 fully saturated rings. The molecule has 2 aromatic rings. The summed E-state index contributed by atoms with van der Waals surface area (Å²) >= 11 is 7.39. The van der Waals surface area contributed by atoms with Gasteiger partial charge in [0.05, 0.1) is 17.3 Å². The number of carboxylic acid groups (broad SMARTS) is 1. The second-order valence-electron chi connectivity index (χ2n) is 4.30. The van der Waals surface area contributed by atoms with Gasteiger partial charge in [-0.05, 0) is 36.1 Å². The minimum absolute atomic E-state index is 0.0781. The van der Waals surface area contributed by atoms with Crippen LogP contribution >= 0.6 is 22.9 Å². The van der Waals surface area contributed by atoms with E-state index < -0.39 is 12.0 Å². The molecule has 0 saturated carbocycles. The second kappa shape index (κ2) is 6.60. The summed E-state index contributed by atoms with van der Waals surface area (Å²) in [4.78, 5) is 24.1. The zero-order chi connectivity index (χ0) is 15.4. The zero-order valence-corrected chi connectivity index (χ0v) is 12.7. The zero-order valence-electron chi connectivity index (χ0n) is 11.1. The van der Waals surface area contributed by atoms with Crippen LogP contribution in [-0.4, -0.2) is 17.1 Å². The lowest BCUT2D eigenvalue weighted by Crippen LogP contribution is -2.28. The molecule has 0 atom stereocenters. The Morgan fingerprint density at radius 1 is 1.33 bits per heavy atom. The molecule has 0 unspecified atom stereocenters. The molecule has 5 nitrogen and oxygen atoms in total. The number of thiophene rings is 1. The highest BCUT2D eigenvalue weighted by Gasteiger charge is 2.16. The molecule has 3 N–H and O–H groups in total. The lowest BCUT2D eigenvalue weighted by molar-refractivity contribution is 0.0698. The van der Waals surface area contributed by atoms with Crippen molar-refractivity contribution in [2.45, 2.75) is 13.5 Å². The summed E-state index contributed by atoms with van der Waals surface area (Å²) in [5.74, 6) is -1.19. The van der Waals surface area contributed by atoms with E-state index >= 15 is 0 Å². The van der Waals surface area contributed by atoms with Crippen LogP contribution in [0.1, 0.15) is 20.8 Å². The highest BCUT2D eigenvalue weighted by molar-refractivity contribution is 7.10. The average molecular weight is 325 g/mol. The van der Waals surface area contributed by atoms with Crippen LogP contribution in [0.2, 0.25) is 5.02 Å². The molecule has 0 aliphatic carbocycles. The molecular weight excluding hydrogens is 312 g/mol. The molecule has 7 heteroatoms. The number of halogens is 1. The van der Waals surface area contributed by atoms with Crippen LogP contribution in [0, 0.1) is 6.92 Å². The molecule has 1 heterocycles. The summed E-state index contributed by atoms with van der Waals surface area (Å²) in [6.07, 6.45) is 0. The predicted molar refractivity (Wildman–Crippen MR) is 83.3 cm³/mol. The van der Waals surface area contributed by atoms with Crippen LogP contribution in [0.3, 0.4) is 0 Å². The fraction of sp³-hybridized carbons (Fsp3) is 0.143. The fourth-order valence-electron chi connectivity index (χ4n) is 1.76. The molecule has 2 rings (SSSR count). The molecule has 21 heavy (non-hydrogen) atoms. The largest absolute Gasteiger partial charge is 0.478 e. The van der Waals surface area contributed by atoms with Gasteiger partial charge in [-0.3, -0.25) is 0 Å². The number of amides is 2. The Labute approximate surface area is 130 Å². The molecule has 0 aliphatic heterocycles. The van der Waals surface area contributed by atoms with Crippen LogP contribution in [0.25, 0.3) is 0 Å². The maximum absolute atomic E-state index is 11.9. The van der Waals surface area contributed by atoms with Crippen LogP contribution in [0.15, 0.2) is 29.6 Å². The molecule has 0 spiro atoms. The number of hydrogen-bond acceptors (Lipinski definition) is 3. The topological polar surface area (TPSA) is 78.4 Å². The summed E-state index contributed by atoms with van der Waals surface area (Å²) in [7, 11) is 0. The van der Waals surface area contributed by atoms with Gasteiger partial charge in [0.1, 0.15) is 5.56 Å². The third-order valence-electron chi connectivity index (χ3n) is 2.85. The molecule has 0 aliphatic rings. The Morgan fingerprint density at radius 2 is 2.10 bits per heavy atom. The minimum atomic E-state index is -1.19. The lowest BCUT2D eigenvalue weighted by Gasteiger charge is -2.10. The Morgan fingerprint density at radius 3 is 2.71 bits per heavy atom. The number of rotatable bonds is 4. The van der Waals surface area contributed by atoms with Gasteiger partial charge in [-0.25, -0.2) is 9.59 Å². The quantitative estimate of drug-likeness (QED) is 0.801. The standard InChI is InChI=1S/C14H13ClN2O3S/c1-8-5-6-21-11(8)7-16-14(20)17-10-4-2-3-9(15)12(10)13(18)19/h2-6H,7H2,1H3,(H,18,19)(H2,16,17,20). The molecule has 0 bridgehead atoms. The van der Waals surface area contributed by atoms with Crippen molar-refractivity contribution < 1.29 is 14.7 Å². The Kier molecular flexibility index (Phi) is 4.82. The smallest absolute Gasteiger partial charge is 0.339 e. The number of benzene rings is 1. The number of urea groups is 1. The first kappa shape index (κ1) is 15.3. The van der Waals surface area contributed by atoms with Gasteiger partial charge in [0, 0.05) is 4.88 Å². The van der Waals surface area contributed by atoms with E-state index in [9.17, 15) is 9.59 Å². The van der Waals surface area contributed by atoms with Crippen molar-refractivity contribution in [2.24, 2.45) is 0 Å². The van der Waals surface area contributed by atoms with Crippen LogP contribution in [0.5, 0.6) is 0 Å². The Balaban J connectivity index is 2.05. The van der Waals surface area contributed by atoms with Crippen molar-refractivity contribution in [3.05, 3.63) is 50.7 Å². The van der Waals surface area contributed by atoms with Gasteiger partial charge in [0.25, 0.3) is 0 Å². The summed E-state index contributed by atoms with van der Waals surface area (Å²) in [5, 5.41) is 16.3. The first-order chi connectivity index (χ1) is 9.99. The van der Waals surface area contributed by atoms with E-state index in [2.05, 4.69) is 10.6 Å². The average Bonchev–Trinajstić information content (AvgIpc) is 2.81. The molecule has 1 aromatic carbocycles. The lowest BCUT2D eigenvalue weighted by atomic mass is 10.2. The number of carboxylic acids is 1. The van der Waals surface area contributed by atoms with Gasteiger partial charge in [-0.2, -0.15) is 0 Å². The molecular formula is C14H13ClN2O3S. The summed E-state index contributed by atoms with van der Waals surface area (Å²) < 4.78 is 0. The van der Waals surface area contributed by atoms with Crippen molar-refractivity contribution in [3.8, 4) is 0 Å². The third-order valence-corrected chi connectivity index (χ3v) is 4.19. The SMILES string of the molecule is Cc1ccsc1CNC(=O)Nc1cccc(Cl)c1C(=O)O. The van der Waals surface area contributed by atoms with E-state index in [0.29, 0.717) is 6.54 Å². The fourth-order valence-corrected chi connectivity index (χ4v) is 2.86. The number of nitrogens with one attached hydrogen (secondary N) is 2. The van der Waals surface area contributed by atoms with Crippen LogP contribution < -0.4 is 10.6 Å².